The molecule has 0 N–H and O–H groups in total. The van der Waals surface area contributed by atoms with Crippen molar-refractivity contribution in [3.63, 3.8) is 0 Å². The second-order valence-electron chi connectivity index (χ2n) is 0. The fourth-order valence-electron chi connectivity index (χ4n) is 0. The van der Waals surface area contributed by atoms with E-state index in [1.807, 2.05) is 0 Å². The summed E-state index contributed by atoms with van der Waals surface area (Å²) in [6, 6.07) is 0. The molecule has 0 fully saturated rings. The molecule has 0 aliphatic heterocycles. The zero-order valence-corrected chi connectivity index (χ0v) is 2.72. The molecule has 4 heavy (non-hydrogen) atoms. The van der Waals surface area contributed by atoms with Crippen molar-refractivity contribution in [3.8, 4) is 0 Å². The van der Waals surface area contributed by atoms with Crippen molar-refractivity contribution >= 4 is 78.9 Å². The predicted molar refractivity (Wildman–Crippen MR) is 30.0 cm³/mol. The van der Waals surface area contributed by atoms with Crippen LogP contribution in [0.15, 0.2) is 0 Å². The first kappa shape index (κ1) is 16.0. The van der Waals surface area contributed by atoms with Gasteiger partial charge in [0.25, 0.3) is 0 Å². The van der Waals surface area contributed by atoms with Crippen LogP contribution >= 0.6 is 8.02 Å². The van der Waals surface area contributed by atoms with Gasteiger partial charge >= 0.3 is 59.1 Å². The van der Waals surface area contributed by atoms with Crippen molar-refractivity contribution in [1.29, 1.82) is 0 Å². The molecule has 0 nitrogen and oxygen atoms in total. The maximum atomic E-state index is 3.89. The third-order valence-electron chi connectivity index (χ3n) is 0. The average molecular weight is 112 g/mol. The molecule has 0 radical (unpaired) electrons. The van der Waals surface area contributed by atoms with Gasteiger partial charge < -0.3 is 0 Å². The molecular weight excluding hydrogens is 109 g/mol. The minimum atomic E-state index is 0. The molecule has 0 bridgehead atoms. The molecule has 0 saturated carbocycles. The Morgan fingerprint density at radius 3 is 1.00 bits per heavy atom. The van der Waals surface area contributed by atoms with Crippen LogP contribution in [-0.4, -0.2) is 59.1 Å². The van der Waals surface area contributed by atoms with Crippen LogP contribution in [0.5, 0.6) is 0 Å². The molecule has 0 heterocycles. The van der Waals surface area contributed by atoms with Gasteiger partial charge in [0.1, 0.15) is 0 Å². The van der Waals surface area contributed by atoms with E-state index in [9.17, 15) is 0 Å². The van der Waals surface area contributed by atoms with Gasteiger partial charge in [0.05, 0.1) is 0 Å². The first-order valence-electron chi connectivity index (χ1n) is 0.204. The Balaban J connectivity index is -0.00000000500. The van der Waals surface area contributed by atoms with Gasteiger partial charge in [-0.05, 0) is 8.02 Å². The van der Waals surface area contributed by atoms with Crippen LogP contribution in [0.1, 0.15) is 0 Å². The van der Waals surface area contributed by atoms with E-state index in [1.54, 1.807) is 0 Å². The van der Waals surface area contributed by atoms with Crippen molar-refractivity contribution in [1.82, 2.24) is 0 Å². The van der Waals surface area contributed by atoms with Crippen LogP contribution in [0.25, 0.3) is 0 Å². The van der Waals surface area contributed by atoms with E-state index < -0.39 is 0 Å². The number of hydrogen-bond acceptors (Lipinski definition) is 1. The summed E-state index contributed by atoms with van der Waals surface area (Å²) in [6.45, 7) is 0. The van der Waals surface area contributed by atoms with Gasteiger partial charge in [-0.3, -0.25) is 0 Å². The summed E-state index contributed by atoms with van der Waals surface area (Å²) >= 11 is 3.89. The van der Waals surface area contributed by atoms with Gasteiger partial charge in [0.2, 0.25) is 0 Å². The first-order valence-corrected chi connectivity index (χ1v) is 1.84. The third-order valence-corrected chi connectivity index (χ3v) is 0. The summed E-state index contributed by atoms with van der Waals surface area (Å²) < 4.78 is 0. The normalized spacial score (nSPS) is 1.00. The van der Waals surface area contributed by atoms with E-state index in [4.69, 9.17) is 0 Å². The van der Waals surface area contributed by atoms with Crippen LogP contribution < -0.4 is 0 Å². The third kappa shape index (κ3) is 8.82. The molecule has 0 aliphatic carbocycles. The molecule has 4 heteroatoms. The Hall–Kier alpha value is 2.52. The van der Waals surface area contributed by atoms with E-state index in [0.29, 0.717) is 0 Å². The second kappa shape index (κ2) is 17.8. The van der Waals surface area contributed by atoms with Crippen molar-refractivity contribution in [2.24, 2.45) is 0 Å². The fraction of sp³-hybridized carbons (Fsp3) is 0. The van der Waals surface area contributed by atoms with E-state index in [1.165, 1.54) is 0 Å². The Morgan fingerprint density at radius 1 is 1.00 bits per heavy atom. The summed E-state index contributed by atoms with van der Waals surface area (Å²) in [7, 11) is 2.56. The van der Waals surface area contributed by atoms with Crippen LogP contribution in [-0.2, 0) is 11.8 Å². The van der Waals surface area contributed by atoms with E-state index in [0.717, 1.165) is 0 Å². The Bertz CT molecular complexity index is 6.00. The summed E-state index contributed by atoms with van der Waals surface area (Å²) in [5.74, 6) is 0. The van der Waals surface area contributed by atoms with Gasteiger partial charge in [-0.25, -0.2) is 0 Å². The first-order chi connectivity index (χ1) is 1.00. The zero-order valence-electron chi connectivity index (χ0n) is 0.908. The van der Waals surface area contributed by atoms with E-state index in [-0.39, 0.29) is 59.1 Å². The van der Waals surface area contributed by atoms with Gasteiger partial charge in [0, 0.05) is 0 Å². The molecule has 0 atom stereocenters. The summed E-state index contributed by atoms with van der Waals surface area (Å²) in [6.07, 6.45) is 0. The van der Waals surface area contributed by atoms with Crippen LogP contribution in [0, 0.1) is 0 Å². The van der Waals surface area contributed by atoms with Gasteiger partial charge in [-0.2, -0.15) is 0 Å². The van der Waals surface area contributed by atoms with Crippen molar-refractivity contribution < 1.29 is 0 Å². The molecule has 16 valence electrons. The van der Waals surface area contributed by atoms with Crippen molar-refractivity contribution in [2.75, 3.05) is 0 Å². The van der Waals surface area contributed by atoms with Crippen LogP contribution in [0.3, 0.4) is 0 Å². The Labute approximate surface area is 77.6 Å². The fourth-order valence-corrected chi connectivity index (χ4v) is 0. The second-order valence-corrected chi connectivity index (χ2v) is 0. The summed E-state index contributed by atoms with van der Waals surface area (Å²) in [5, 5.41) is 0. The average Bonchev–Trinajstić information content (AvgIpc) is 1.00. The molecule has 0 aromatic heterocycles. The van der Waals surface area contributed by atoms with E-state index >= 15 is 0 Å². The topological polar surface area (TPSA) is 0 Å². The van der Waals surface area contributed by atoms with Crippen LogP contribution in [0.4, 0.5) is 0 Å². The molecular formula is H3Na2PS. The quantitative estimate of drug-likeness (QED) is 0.295. The summed E-state index contributed by atoms with van der Waals surface area (Å²) in [5.41, 5.74) is 0. The summed E-state index contributed by atoms with van der Waals surface area (Å²) in [4.78, 5) is 0. The molecule has 0 rings (SSSR count). The molecule has 0 spiro atoms. The minimum absolute atomic E-state index is 0. The number of rotatable bonds is 0. The maximum absolute atomic E-state index is 3.89. The van der Waals surface area contributed by atoms with Crippen molar-refractivity contribution in [2.45, 2.75) is 0 Å². The molecule has 0 unspecified atom stereocenters. The molecule has 0 aromatic carbocycles. The monoisotopic (exact) mass is 112 g/mol. The Kier molecular flexibility index (Phi) is 71.2. The number of hydrogen-bond donors (Lipinski definition) is 0. The predicted octanol–water partition coefficient (Wildman–Crippen LogP) is -0.706. The molecule has 0 aromatic rings. The van der Waals surface area contributed by atoms with Crippen molar-refractivity contribution in [3.05, 3.63) is 0 Å². The Morgan fingerprint density at radius 2 is 1.00 bits per heavy atom. The molecule has 0 amide bonds. The zero-order chi connectivity index (χ0) is 2.00. The molecule has 0 saturated heterocycles. The van der Waals surface area contributed by atoms with Gasteiger partial charge in [-0.15, -0.1) is 0 Å². The van der Waals surface area contributed by atoms with E-state index in [2.05, 4.69) is 19.8 Å². The van der Waals surface area contributed by atoms with Gasteiger partial charge in [0.15, 0.2) is 0 Å². The molecule has 0 aliphatic rings. The standard InChI is InChI=1S/2Na.HPS.2H/c;;1-2;;/h;;1H;;. The van der Waals surface area contributed by atoms with Gasteiger partial charge in [-0.1, -0.05) is 11.8 Å². The SMILES string of the molecule is P=S.[NaH].[NaH]. The van der Waals surface area contributed by atoms with Crippen LogP contribution in [0.2, 0.25) is 0 Å².